The molecule has 0 bridgehead atoms. The third kappa shape index (κ3) is 6.34. The fraction of sp³-hybridized carbons (Fsp3) is 0.357. The van der Waals surface area contributed by atoms with E-state index in [1.807, 2.05) is 49.6 Å². The lowest BCUT2D eigenvalue weighted by Gasteiger charge is -2.24. The van der Waals surface area contributed by atoms with Crippen LogP contribution in [0.25, 0.3) is 22.4 Å². The molecule has 2 N–H and O–H groups in total. The highest BCUT2D eigenvalue weighted by Gasteiger charge is 2.22. The standard InChI is InChI=1S/C28H31N7O5/c1-28(2,3)40-27(36)29-16-18-10-12-19(13-11-18)23-24-25(34(17-30-24)22-9-4-5-14-39-22)33-26(32-23)31-20-7-6-8-21(15-20)35(37)38/h6-8,10-13,15,17,22H,4-5,9,14,16H2,1-3H3,(H,29,36)(H,31,32,33). The summed E-state index contributed by atoms with van der Waals surface area (Å²) in [5.74, 6) is 0.274. The van der Waals surface area contributed by atoms with Gasteiger partial charge in [-0.05, 0) is 51.7 Å². The predicted molar refractivity (Wildman–Crippen MR) is 149 cm³/mol. The molecular formula is C28H31N7O5. The van der Waals surface area contributed by atoms with Gasteiger partial charge in [0.05, 0.1) is 11.3 Å². The monoisotopic (exact) mass is 545 g/mol. The van der Waals surface area contributed by atoms with Crippen LogP contribution in [0.4, 0.5) is 22.1 Å². The Morgan fingerprint density at radius 3 is 2.67 bits per heavy atom. The number of hydrogen-bond donors (Lipinski definition) is 2. The van der Waals surface area contributed by atoms with Gasteiger partial charge >= 0.3 is 6.09 Å². The Kier molecular flexibility index (Phi) is 7.60. The molecule has 12 heteroatoms. The maximum atomic E-state index is 12.0. The molecule has 1 atom stereocenters. The molecule has 1 saturated heterocycles. The van der Waals surface area contributed by atoms with Crippen LogP contribution in [-0.4, -0.2) is 42.7 Å². The van der Waals surface area contributed by atoms with E-state index in [0.29, 0.717) is 35.7 Å². The topological polar surface area (TPSA) is 146 Å². The number of imidazole rings is 1. The van der Waals surface area contributed by atoms with Crippen molar-refractivity contribution in [1.82, 2.24) is 24.8 Å². The lowest BCUT2D eigenvalue weighted by Crippen LogP contribution is -2.32. The van der Waals surface area contributed by atoms with Gasteiger partial charge < -0.3 is 20.1 Å². The van der Waals surface area contributed by atoms with Crippen LogP contribution in [0.5, 0.6) is 0 Å². The highest BCUT2D eigenvalue weighted by molar-refractivity contribution is 5.89. The highest BCUT2D eigenvalue weighted by atomic mass is 16.6. The summed E-state index contributed by atoms with van der Waals surface area (Å²) in [6, 6.07) is 13.8. The van der Waals surface area contributed by atoms with Crippen LogP contribution in [0.3, 0.4) is 0 Å². The number of rotatable bonds is 7. The van der Waals surface area contributed by atoms with Gasteiger partial charge in [-0.25, -0.2) is 14.8 Å². The number of alkyl carbamates (subject to hydrolysis) is 1. The lowest BCUT2D eigenvalue weighted by atomic mass is 10.1. The van der Waals surface area contributed by atoms with Crippen molar-refractivity contribution in [1.29, 1.82) is 0 Å². The molecule has 12 nitrogen and oxygen atoms in total. The van der Waals surface area contributed by atoms with Gasteiger partial charge in [0.1, 0.15) is 23.0 Å². The molecule has 0 spiro atoms. The van der Waals surface area contributed by atoms with E-state index in [9.17, 15) is 14.9 Å². The Balaban J connectivity index is 1.47. The molecule has 2 aromatic heterocycles. The van der Waals surface area contributed by atoms with Gasteiger partial charge in [0, 0.05) is 36.5 Å². The SMILES string of the molecule is CC(C)(C)OC(=O)NCc1ccc(-c2nc(Nc3cccc([N+](=O)[O-])c3)nc3c2ncn3C2CCCCO2)cc1. The zero-order valence-corrected chi connectivity index (χ0v) is 22.6. The number of hydrogen-bond acceptors (Lipinski definition) is 9. The number of carbonyl (C=O) groups excluding carboxylic acids is 1. The summed E-state index contributed by atoms with van der Waals surface area (Å²) >= 11 is 0. The Bertz CT molecular complexity index is 1520. The second-order valence-corrected chi connectivity index (χ2v) is 10.5. The second-order valence-electron chi connectivity index (χ2n) is 10.5. The van der Waals surface area contributed by atoms with Crippen molar-refractivity contribution in [2.75, 3.05) is 11.9 Å². The largest absolute Gasteiger partial charge is 0.444 e. The number of nitrogens with one attached hydrogen (secondary N) is 2. The fourth-order valence-electron chi connectivity index (χ4n) is 4.42. The molecule has 1 aliphatic heterocycles. The Morgan fingerprint density at radius 2 is 1.98 bits per heavy atom. The van der Waals surface area contributed by atoms with Crippen molar-refractivity contribution in [2.24, 2.45) is 0 Å². The third-order valence-electron chi connectivity index (χ3n) is 6.26. The average Bonchev–Trinajstić information content (AvgIpc) is 3.35. The van der Waals surface area contributed by atoms with Gasteiger partial charge in [0.25, 0.3) is 5.69 Å². The molecule has 3 heterocycles. The zero-order valence-electron chi connectivity index (χ0n) is 22.6. The van der Waals surface area contributed by atoms with Crippen LogP contribution < -0.4 is 10.6 Å². The Labute approximate surface area is 230 Å². The van der Waals surface area contributed by atoms with Crippen molar-refractivity contribution in [3.63, 3.8) is 0 Å². The van der Waals surface area contributed by atoms with E-state index in [-0.39, 0.29) is 17.9 Å². The number of aromatic nitrogens is 4. The first-order valence-electron chi connectivity index (χ1n) is 13.1. The minimum absolute atomic E-state index is 0.0393. The molecule has 0 saturated carbocycles. The summed E-state index contributed by atoms with van der Waals surface area (Å²) in [6.45, 7) is 6.41. The van der Waals surface area contributed by atoms with E-state index in [1.165, 1.54) is 12.1 Å². The van der Waals surface area contributed by atoms with Gasteiger partial charge in [0.15, 0.2) is 5.65 Å². The molecule has 0 radical (unpaired) electrons. The van der Waals surface area contributed by atoms with E-state index < -0.39 is 16.6 Å². The van der Waals surface area contributed by atoms with Crippen LogP contribution in [0, 0.1) is 10.1 Å². The van der Waals surface area contributed by atoms with Crippen molar-refractivity contribution >= 4 is 34.6 Å². The minimum atomic E-state index is -0.575. The van der Waals surface area contributed by atoms with E-state index >= 15 is 0 Å². The second kappa shape index (κ2) is 11.3. The number of nitro benzene ring substituents is 1. The van der Waals surface area contributed by atoms with Gasteiger partial charge in [-0.3, -0.25) is 14.7 Å². The number of amides is 1. The fourth-order valence-corrected chi connectivity index (χ4v) is 4.42. The summed E-state index contributed by atoms with van der Waals surface area (Å²) in [5, 5.41) is 17.1. The van der Waals surface area contributed by atoms with Crippen molar-refractivity contribution < 1.29 is 19.2 Å². The average molecular weight is 546 g/mol. The molecule has 0 aliphatic carbocycles. The number of nitro groups is 1. The first-order valence-corrected chi connectivity index (χ1v) is 13.1. The van der Waals surface area contributed by atoms with Gasteiger partial charge in [-0.2, -0.15) is 4.98 Å². The molecule has 1 amide bonds. The molecule has 4 aromatic rings. The smallest absolute Gasteiger partial charge is 0.407 e. The number of ether oxygens (including phenoxy) is 2. The van der Waals surface area contributed by atoms with E-state index in [2.05, 4.69) is 15.6 Å². The summed E-state index contributed by atoms with van der Waals surface area (Å²) in [4.78, 5) is 37.0. The number of anilines is 2. The van der Waals surface area contributed by atoms with Crippen LogP contribution >= 0.6 is 0 Å². The quantitative estimate of drug-likeness (QED) is 0.215. The summed E-state index contributed by atoms with van der Waals surface area (Å²) in [7, 11) is 0. The predicted octanol–water partition coefficient (Wildman–Crippen LogP) is 5.87. The molecule has 1 aliphatic rings. The first kappa shape index (κ1) is 27.0. The van der Waals surface area contributed by atoms with Crippen molar-refractivity contribution in [3.05, 3.63) is 70.5 Å². The van der Waals surface area contributed by atoms with Gasteiger partial charge in [-0.1, -0.05) is 30.3 Å². The molecule has 208 valence electrons. The third-order valence-corrected chi connectivity index (χ3v) is 6.26. The minimum Gasteiger partial charge on any atom is -0.444 e. The zero-order chi connectivity index (χ0) is 28.3. The van der Waals surface area contributed by atoms with Crippen LogP contribution in [-0.2, 0) is 16.0 Å². The lowest BCUT2D eigenvalue weighted by molar-refractivity contribution is -0.384. The van der Waals surface area contributed by atoms with Crippen LogP contribution in [0.2, 0.25) is 0 Å². The summed E-state index contributed by atoms with van der Waals surface area (Å²) in [5.41, 5.74) is 3.36. The first-order chi connectivity index (χ1) is 19.2. The number of fused-ring (bicyclic) bond motifs is 1. The van der Waals surface area contributed by atoms with Crippen molar-refractivity contribution in [3.8, 4) is 11.3 Å². The maximum absolute atomic E-state index is 12.0. The number of carbonyl (C=O) groups is 1. The van der Waals surface area contributed by atoms with Gasteiger partial charge in [0.2, 0.25) is 5.95 Å². The number of nitrogens with zero attached hydrogens (tertiary/aromatic N) is 5. The molecule has 5 rings (SSSR count). The molecular weight excluding hydrogens is 514 g/mol. The van der Waals surface area contributed by atoms with Gasteiger partial charge in [-0.15, -0.1) is 0 Å². The normalized spacial score (nSPS) is 15.5. The Hall–Kier alpha value is -4.58. The van der Waals surface area contributed by atoms with E-state index in [4.69, 9.17) is 19.4 Å². The molecule has 40 heavy (non-hydrogen) atoms. The Morgan fingerprint density at radius 1 is 1.18 bits per heavy atom. The van der Waals surface area contributed by atoms with Crippen molar-refractivity contribution in [2.45, 2.75) is 58.4 Å². The number of non-ortho nitro benzene ring substituents is 1. The van der Waals surface area contributed by atoms with Crippen LogP contribution in [0.15, 0.2) is 54.9 Å². The summed E-state index contributed by atoms with van der Waals surface area (Å²) in [6.07, 6.45) is 3.94. The molecule has 1 unspecified atom stereocenters. The molecule has 2 aromatic carbocycles. The van der Waals surface area contributed by atoms with Crippen LogP contribution in [0.1, 0.15) is 51.8 Å². The summed E-state index contributed by atoms with van der Waals surface area (Å²) < 4.78 is 13.2. The maximum Gasteiger partial charge on any atom is 0.407 e. The number of benzene rings is 2. The van der Waals surface area contributed by atoms with E-state index in [0.717, 1.165) is 30.4 Å². The highest BCUT2D eigenvalue weighted by Crippen LogP contribution is 2.32. The van der Waals surface area contributed by atoms with E-state index in [1.54, 1.807) is 18.5 Å². The molecule has 1 fully saturated rings.